The molecule has 0 unspecified atom stereocenters. The van der Waals surface area contributed by atoms with Crippen LogP contribution in [-0.2, 0) is 51.9 Å². The molecule has 0 saturated heterocycles. The fourth-order valence-electron chi connectivity index (χ4n) is 1.93. The molecule has 1 radical (unpaired) electrons. The van der Waals surface area contributed by atoms with Crippen LogP contribution in [0, 0.1) is 0 Å². The third-order valence-electron chi connectivity index (χ3n) is 3.06. The Morgan fingerprint density at radius 3 is 2.50 bits per heavy atom. The number of hydrogen-bond acceptors (Lipinski definition) is 4. The molecule has 8 heteroatoms. The first-order valence-electron chi connectivity index (χ1n) is 7.15. The molecule has 3 amide bonds. The number of hydroxylamine groups is 1. The second kappa shape index (κ2) is 12.9. The molecule has 0 atom stereocenters. The van der Waals surface area contributed by atoms with Gasteiger partial charge in [-0.1, -0.05) is 12.8 Å². The van der Waals surface area contributed by atoms with E-state index in [1.165, 1.54) is 24.2 Å². The Balaban J connectivity index is 0.00000441. The van der Waals surface area contributed by atoms with E-state index in [1.54, 1.807) is 0 Å². The Bertz CT molecular complexity index is 384. The molecule has 1 aliphatic heterocycles. The predicted octanol–water partition coefficient (Wildman–Crippen LogP) is 0.911. The molecule has 0 aromatic rings. The van der Waals surface area contributed by atoms with Crippen LogP contribution in [0.4, 0.5) is 0 Å². The zero-order valence-corrected chi connectivity index (χ0v) is 15.8. The van der Waals surface area contributed by atoms with Gasteiger partial charge in [-0.25, -0.2) is 0 Å². The Labute approximate surface area is 156 Å². The van der Waals surface area contributed by atoms with Gasteiger partial charge in [0.25, 0.3) is 11.8 Å². The van der Waals surface area contributed by atoms with E-state index in [0.717, 1.165) is 25.7 Å². The molecule has 1 rings (SSSR count). The van der Waals surface area contributed by atoms with Gasteiger partial charge in [0.05, 0.1) is 0 Å². The summed E-state index contributed by atoms with van der Waals surface area (Å²) in [4.78, 5) is 39.8. The van der Waals surface area contributed by atoms with Crippen LogP contribution >= 0.6 is 0 Å². The summed E-state index contributed by atoms with van der Waals surface area (Å²) in [6, 6.07) is 0. The molecule has 0 fully saturated rings. The number of carbonyl (C=O) groups is 3. The molecule has 0 aromatic carbocycles. The van der Waals surface area contributed by atoms with Crippen molar-refractivity contribution in [3.8, 4) is 0 Å². The fraction of sp³-hybridized carbons (Fsp3) is 0.643. The Morgan fingerprint density at radius 2 is 1.86 bits per heavy atom. The predicted molar refractivity (Wildman–Crippen MR) is 77.2 cm³/mol. The molecule has 121 valence electrons. The molecule has 0 bridgehead atoms. The molecule has 1 heterocycles. The van der Waals surface area contributed by atoms with Crippen molar-refractivity contribution in [3.05, 3.63) is 17.6 Å². The minimum Gasteiger partial charge on any atom is -0.534 e. The number of hydrogen-bond donors (Lipinski definition) is 1. The number of imide groups is 1. The van der Waals surface area contributed by atoms with Crippen LogP contribution in [0.15, 0.2) is 12.2 Å². The molecule has 0 spiro atoms. The summed E-state index contributed by atoms with van der Waals surface area (Å²) in [5, 5.41) is 2.80. The number of rotatable bonds is 11. The maximum absolute atomic E-state index is 11.5. The van der Waals surface area contributed by atoms with Crippen molar-refractivity contribution >= 4 is 17.7 Å². The SMILES string of the molecule is CO[N-]CCCNC(=O)CCCCCN1C(=O)C=CC1=O.[Y]. The van der Waals surface area contributed by atoms with Crippen LogP contribution in [0.3, 0.4) is 0 Å². The van der Waals surface area contributed by atoms with Gasteiger partial charge >= 0.3 is 0 Å². The van der Waals surface area contributed by atoms with Gasteiger partial charge in [-0.05, 0) is 12.8 Å². The second-order valence-electron chi connectivity index (χ2n) is 4.71. The van der Waals surface area contributed by atoms with E-state index in [2.05, 4.69) is 15.6 Å². The number of nitrogens with one attached hydrogen (secondary N) is 1. The Kier molecular flexibility index (Phi) is 12.5. The van der Waals surface area contributed by atoms with E-state index < -0.39 is 0 Å². The topological polar surface area (TPSA) is 89.8 Å². The first-order valence-corrected chi connectivity index (χ1v) is 7.15. The monoisotopic (exact) mass is 385 g/mol. The van der Waals surface area contributed by atoms with E-state index in [1.807, 2.05) is 0 Å². The van der Waals surface area contributed by atoms with Crippen LogP contribution in [-0.4, -0.2) is 49.4 Å². The van der Waals surface area contributed by atoms with Crippen molar-refractivity contribution in [2.24, 2.45) is 0 Å². The minimum absolute atomic E-state index is 0. The van der Waals surface area contributed by atoms with Crippen LogP contribution < -0.4 is 5.32 Å². The van der Waals surface area contributed by atoms with E-state index >= 15 is 0 Å². The third kappa shape index (κ3) is 8.73. The zero-order valence-electron chi connectivity index (χ0n) is 12.9. The normalized spacial score (nSPS) is 13.4. The van der Waals surface area contributed by atoms with Crippen molar-refractivity contribution in [2.45, 2.75) is 32.1 Å². The van der Waals surface area contributed by atoms with Gasteiger partial charge in [-0.15, -0.1) is 6.54 Å². The molecule has 0 aliphatic carbocycles. The summed E-state index contributed by atoms with van der Waals surface area (Å²) in [5.74, 6) is -0.485. The minimum atomic E-state index is -0.251. The van der Waals surface area contributed by atoms with Crippen LogP contribution in [0.2, 0.25) is 0 Å². The van der Waals surface area contributed by atoms with Gasteiger partial charge in [0.15, 0.2) is 0 Å². The molecule has 0 aromatic heterocycles. The fourth-order valence-corrected chi connectivity index (χ4v) is 1.93. The average molecular weight is 385 g/mol. The Hall–Kier alpha value is -0.626. The molecule has 22 heavy (non-hydrogen) atoms. The van der Waals surface area contributed by atoms with E-state index in [9.17, 15) is 14.4 Å². The summed E-state index contributed by atoms with van der Waals surface area (Å²) in [5.41, 5.74) is 3.69. The maximum atomic E-state index is 11.5. The first kappa shape index (κ1) is 21.4. The van der Waals surface area contributed by atoms with E-state index in [-0.39, 0.29) is 50.4 Å². The van der Waals surface area contributed by atoms with E-state index in [4.69, 9.17) is 0 Å². The average Bonchev–Trinajstić information content (AvgIpc) is 2.78. The maximum Gasteiger partial charge on any atom is 0.253 e. The zero-order chi connectivity index (χ0) is 15.5. The number of unbranched alkanes of at least 4 members (excludes halogenated alkanes) is 2. The summed E-state index contributed by atoms with van der Waals surface area (Å²) in [6.45, 7) is 1.58. The van der Waals surface area contributed by atoms with Crippen molar-refractivity contribution in [1.29, 1.82) is 0 Å². The largest absolute Gasteiger partial charge is 0.534 e. The van der Waals surface area contributed by atoms with Gasteiger partial charge in [0.2, 0.25) is 5.91 Å². The standard InChI is InChI=1S/C14H22N3O4.Y/c1-21-16-10-5-9-15-12(18)6-3-2-4-11-17-13(19)7-8-14(17)20;/h7-8H,2-6,9-11H2,1H3,(H,15,18);/q-1;. The summed E-state index contributed by atoms with van der Waals surface area (Å²) in [6.07, 6.45) is 6.06. The number of carbonyl (C=O) groups excluding carboxylic acids is 3. The molecular formula is C14H22N3O4Y-. The summed E-state index contributed by atoms with van der Waals surface area (Å²) >= 11 is 0. The summed E-state index contributed by atoms with van der Waals surface area (Å²) in [7, 11) is 1.50. The van der Waals surface area contributed by atoms with Crippen LogP contribution in [0.25, 0.3) is 5.48 Å². The Morgan fingerprint density at radius 1 is 1.18 bits per heavy atom. The van der Waals surface area contributed by atoms with Crippen molar-refractivity contribution < 1.29 is 51.9 Å². The molecule has 7 nitrogen and oxygen atoms in total. The van der Waals surface area contributed by atoms with Crippen molar-refractivity contribution in [2.75, 3.05) is 26.7 Å². The molecular weight excluding hydrogens is 363 g/mol. The van der Waals surface area contributed by atoms with Crippen LogP contribution in [0.1, 0.15) is 32.1 Å². The molecule has 0 saturated carbocycles. The van der Waals surface area contributed by atoms with Crippen molar-refractivity contribution in [1.82, 2.24) is 10.2 Å². The smallest absolute Gasteiger partial charge is 0.253 e. The molecule has 1 aliphatic rings. The van der Waals surface area contributed by atoms with Crippen molar-refractivity contribution in [3.63, 3.8) is 0 Å². The quantitative estimate of drug-likeness (QED) is 0.325. The van der Waals surface area contributed by atoms with Gasteiger partial charge in [0, 0.05) is 71.5 Å². The van der Waals surface area contributed by atoms with Gasteiger partial charge in [0.1, 0.15) is 0 Å². The van der Waals surface area contributed by atoms with Crippen LogP contribution in [0.5, 0.6) is 0 Å². The molecule has 1 N–H and O–H groups in total. The van der Waals surface area contributed by atoms with E-state index in [0.29, 0.717) is 26.1 Å². The van der Waals surface area contributed by atoms with Gasteiger partial charge < -0.3 is 15.6 Å². The number of nitrogens with zero attached hydrogens (tertiary/aromatic N) is 2. The van der Waals surface area contributed by atoms with Gasteiger partial charge in [-0.3, -0.25) is 19.3 Å². The van der Waals surface area contributed by atoms with Gasteiger partial charge in [-0.2, -0.15) is 0 Å². The number of amides is 3. The second-order valence-corrected chi connectivity index (χ2v) is 4.71. The summed E-state index contributed by atoms with van der Waals surface area (Å²) < 4.78 is 0. The third-order valence-corrected chi connectivity index (χ3v) is 3.06. The first-order chi connectivity index (χ1) is 10.1.